The Morgan fingerprint density at radius 3 is 2.71 bits per heavy atom. The van der Waals surface area contributed by atoms with Gasteiger partial charge in [-0.25, -0.2) is 4.79 Å². The van der Waals surface area contributed by atoms with Gasteiger partial charge in [-0.2, -0.15) is 0 Å². The minimum Gasteiger partial charge on any atom is -0.480 e. The molecule has 0 spiro atoms. The summed E-state index contributed by atoms with van der Waals surface area (Å²) in [6, 6.07) is 7.11. The standard InChI is InChI=1S/C10H12O4/c1-7-4-2-3-5-8(7)10(13)14-6-9(11)12/h2-5,10,13H,6H2,1H3,(H,11,12). The van der Waals surface area contributed by atoms with Crippen LogP contribution in [0.2, 0.25) is 0 Å². The van der Waals surface area contributed by atoms with E-state index in [0.29, 0.717) is 5.56 Å². The van der Waals surface area contributed by atoms with Crippen molar-refractivity contribution in [2.75, 3.05) is 6.61 Å². The van der Waals surface area contributed by atoms with Gasteiger partial charge in [0.1, 0.15) is 6.61 Å². The number of hydrogen-bond acceptors (Lipinski definition) is 3. The van der Waals surface area contributed by atoms with Gasteiger partial charge in [-0.1, -0.05) is 24.3 Å². The van der Waals surface area contributed by atoms with Crippen LogP contribution in [0, 0.1) is 6.92 Å². The number of aliphatic hydroxyl groups is 1. The fourth-order valence-corrected chi connectivity index (χ4v) is 1.10. The number of carboxylic acids is 1. The van der Waals surface area contributed by atoms with Crippen LogP contribution in [-0.4, -0.2) is 22.8 Å². The van der Waals surface area contributed by atoms with Crippen molar-refractivity contribution in [2.24, 2.45) is 0 Å². The average molecular weight is 196 g/mol. The van der Waals surface area contributed by atoms with Crippen LogP contribution in [0.1, 0.15) is 17.4 Å². The highest BCUT2D eigenvalue weighted by Gasteiger charge is 2.11. The van der Waals surface area contributed by atoms with Crippen molar-refractivity contribution in [3.05, 3.63) is 35.4 Å². The fraction of sp³-hybridized carbons (Fsp3) is 0.300. The maximum Gasteiger partial charge on any atom is 0.329 e. The van der Waals surface area contributed by atoms with E-state index in [1.165, 1.54) is 0 Å². The quantitative estimate of drug-likeness (QED) is 0.707. The number of hydrogen-bond donors (Lipinski definition) is 2. The number of benzene rings is 1. The summed E-state index contributed by atoms with van der Waals surface area (Å²) in [5, 5.41) is 17.8. The molecule has 0 aromatic heterocycles. The number of carboxylic acid groups (broad SMARTS) is 1. The molecule has 1 unspecified atom stereocenters. The zero-order valence-electron chi connectivity index (χ0n) is 7.80. The van der Waals surface area contributed by atoms with E-state index in [1.807, 2.05) is 19.1 Å². The maximum absolute atomic E-state index is 10.2. The van der Waals surface area contributed by atoms with E-state index in [9.17, 15) is 9.90 Å². The van der Waals surface area contributed by atoms with E-state index in [2.05, 4.69) is 0 Å². The summed E-state index contributed by atoms with van der Waals surface area (Å²) in [6.07, 6.45) is -1.17. The molecule has 0 amide bonds. The van der Waals surface area contributed by atoms with Gasteiger partial charge in [-0.15, -0.1) is 0 Å². The molecule has 0 radical (unpaired) electrons. The average Bonchev–Trinajstić information content (AvgIpc) is 2.15. The summed E-state index contributed by atoms with van der Waals surface area (Å²) in [5.41, 5.74) is 1.46. The predicted molar refractivity (Wildman–Crippen MR) is 49.7 cm³/mol. The van der Waals surface area contributed by atoms with Gasteiger partial charge >= 0.3 is 5.97 Å². The number of aryl methyl sites for hydroxylation is 1. The Hall–Kier alpha value is -1.39. The maximum atomic E-state index is 10.2. The molecule has 1 rings (SSSR count). The van der Waals surface area contributed by atoms with Crippen molar-refractivity contribution in [3.8, 4) is 0 Å². The number of aliphatic carboxylic acids is 1. The Labute approximate surface area is 81.8 Å². The van der Waals surface area contributed by atoms with Gasteiger partial charge < -0.3 is 14.9 Å². The largest absolute Gasteiger partial charge is 0.480 e. The number of aliphatic hydroxyl groups excluding tert-OH is 1. The molecule has 1 aromatic carbocycles. The van der Waals surface area contributed by atoms with Crippen molar-refractivity contribution < 1.29 is 19.7 Å². The molecule has 1 aromatic rings. The van der Waals surface area contributed by atoms with Crippen molar-refractivity contribution in [1.82, 2.24) is 0 Å². The first-order chi connectivity index (χ1) is 6.61. The number of ether oxygens (including phenoxy) is 1. The second-order valence-electron chi connectivity index (χ2n) is 2.91. The Kier molecular flexibility index (Phi) is 3.62. The summed E-state index contributed by atoms with van der Waals surface area (Å²) < 4.78 is 4.73. The molecule has 4 heteroatoms. The Morgan fingerprint density at radius 1 is 1.50 bits per heavy atom. The lowest BCUT2D eigenvalue weighted by Gasteiger charge is -2.12. The number of rotatable bonds is 4. The van der Waals surface area contributed by atoms with Gasteiger partial charge in [0, 0.05) is 5.56 Å². The van der Waals surface area contributed by atoms with Crippen LogP contribution in [0.15, 0.2) is 24.3 Å². The van der Waals surface area contributed by atoms with Crippen LogP contribution in [0.3, 0.4) is 0 Å². The highest BCUT2D eigenvalue weighted by Crippen LogP contribution is 2.17. The molecule has 0 heterocycles. The normalized spacial score (nSPS) is 12.4. The molecular formula is C10H12O4. The van der Waals surface area contributed by atoms with Crippen molar-refractivity contribution in [1.29, 1.82) is 0 Å². The van der Waals surface area contributed by atoms with E-state index >= 15 is 0 Å². The van der Waals surface area contributed by atoms with Gasteiger partial charge in [0.15, 0.2) is 6.29 Å². The molecule has 0 saturated heterocycles. The van der Waals surface area contributed by atoms with Crippen molar-refractivity contribution in [3.63, 3.8) is 0 Å². The molecule has 0 fully saturated rings. The summed E-state index contributed by atoms with van der Waals surface area (Å²) >= 11 is 0. The minimum absolute atomic E-state index is 0.504. The molecule has 2 N–H and O–H groups in total. The van der Waals surface area contributed by atoms with Gasteiger partial charge in [0.25, 0.3) is 0 Å². The van der Waals surface area contributed by atoms with Gasteiger partial charge in [0.2, 0.25) is 0 Å². The monoisotopic (exact) mass is 196 g/mol. The van der Waals surface area contributed by atoms with Crippen LogP contribution < -0.4 is 0 Å². The first-order valence-electron chi connectivity index (χ1n) is 4.18. The van der Waals surface area contributed by atoms with E-state index in [4.69, 9.17) is 9.84 Å². The van der Waals surface area contributed by atoms with Crippen molar-refractivity contribution >= 4 is 5.97 Å². The lowest BCUT2D eigenvalue weighted by molar-refractivity contribution is -0.157. The minimum atomic E-state index is -1.17. The van der Waals surface area contributed by atoms with Crippen LogP contribution in [-0.2, 0) is 9.53 Å². The Balaban J connectivity index is 2.65. The summed E-state index contributed by atoms with van der Waals surface area (Å²) in [4.78, 5) is 10.2. The highest BCUT2D eigenvalue weighted by molar-refractivity contribution is 5.68. The van der Waals surface area contributed by atoms with Crippen molar-refractivity contribution in [2.45, 2.75) is 13.2 Å². The molecule has 4 nitrogen and oxygen atoms in total. The third-order valence-electron chi connectivity index (χ3n) is 1.82. The van der Waals surface area contributed by atoms with E-state index in [1.54, 1.807) is 12.1 Å². The second-order valence-corrected chi connectivity index (χ2v) is 2.91. The van der Waals surface area contributed by atoms with Crippen LogP contribution in [0.5, 0.6) is 0 Å². The third kappa shape index (κ3) is 2.83. The van der Waals surface area contributed by atoms with Crippen LogP contribution in [0.25, 0.3) is 0 Å². The van der Waals surface area contributed by atoms with Gasteiger partial charge in [0.05, 0.1) is 0 Å². The lowest BCUT2D eigenvalue weighted by Crippen LogP contribution is -2.12. The summed E-state index contributed by atoms with van der Waals surface area (Å²) in [6.45, 7) is 1.32. The summed E-state index contributed by atoms with van der Waals surface area (Å²) in [5.74, 6) is -1.10. The second kappa shape index (κ2) is 4.74. The molecule has 14 heavy (non-hydrogen) atoms. The Morgan fingerprint density at radius 2 is 2.14 bits per heavy atom. The highest BCUT2D eigenvalue weighted by atomic mass is 16.6. The number of carbonyl (C=O) groups is 1. The molecule has 1 atom stereocenters. The fourth-order valence-electron chi connectivity index (χ4n) is 1.10. The predicted octanol–water partition coefficient (Wildman–Crippen LogP) is 1.09. The topological polar surface area (TPSA) is 66.8 Å². The first-order valence-corrected chi connectivity index (χ1v) is 4.18. The van der Waals surface area contributed by atoms with Crippen LogP contribution >= 0.6 is 0 Å². The first kappa shape index (κ1) is 10.7. The molecular weight excluding hydrogens is 184 g/mol. The molecule has 0 aliphatic heterocycles. The zero-order valence-corrected chi connectivity index (χ0v) is 7.80. The van der Waals surface area contributed by atoms with E-state index in [0.717, 1.165) is 5.56 Å². The third-order valence-corrected chi connectivity index (χ3v) is 1.82. The SMILES string of the molecule is Cc1ccccc1C(O)OCC(=O)O. The summed E-state index contributed by atoms with van der Waals surface area (Å²) in [7, 11) is 0. The molecule has 0 aliphatic carbocycles. The van der Waals surface area contributed by atoms with Gasteiger partial charge in [-0.05, 0) is 12.5 Å². The molecule has 76 valence electrons. The van der Waals surface area contributed by atoms with E-state index in [-0.39, 0.29) is 0 Å². The van der Waals surface area contributed by atoms with Gasteiger partial charge in [-0.3, -0.25) is 0 Å². The smallest absolute Gasteiger partial charge is 0.329 e. The molecule has 0 bridgehead atoms. The molecule has 0 aliphatic rings. The lowest BCUT2D eigenvalue weighted by atomic mass is 10.1. The molecule has 0 saturated carbocycles. The van der Waals surface area contributed by atoms with E-state index < -0.39 is 18.9 Å². The zero-order chi connectivity index (χ0) is 10.6. The Bertz CT molecular complexity index is 322. The van der Waals surface area contributed by atoms with Crippen LogP contribution in [0.4, 0.5) is 0 Å².